The molecular formula is C36H49N5O8S. The molecule has 1 aliphatic rings. The van der Waals surface area contributed by atoms with Crippen molar-refractivity contribution in [3.63, 3.8) is 0 Å². The Bertz CT molecular complexity index is 1460. The number of aliphatic carboxylic acids is 1. The van der Waals surface area contributed by atoms with Crippen LogP contribution in [0.4, 0.5) is 0 Å². The molecule has 0 saturated heterocycles. The summed E-state index contributed by atoms with van der Waals surface area (Å²) in [4.78, 5) is 90.6. The summed E-state index contributed by atoms with van der Waals surface area (Å²) >= 11 is 1.48. The van der Waals surface area contributed by atoms with Crippen LogP contribution >= 0.6 is 11.3 Å². The summed E-state index contributed by atoms with van der Waals surface area (Å²) in [5.74, 6) is -5.77. The second-order valence-corrected chi connectivity index (χ2v) is 13.9. The zero-order valence-corrected chi connectivity index (χ0v) is 29.7. The van der Waals surface area contributed by atoms with Crippen molar-refractivity contribution in [2.75, 3.05) is 6.54 Å². The van der Waals surface area contributed by atoms with Crippen LogP contribution < -0.4 is 26.6 Å². The van der Waals surface area contributed by atoms with Gasteiger partial charge in [0, 0.05) is 0 Å². The van der Waals surface area contributed by atoms with Gasteiger partial charge in [-0.25, -0.2) is 4.79 Å². The van der Waals surface area contributed by atoms with E-state index in [1.807, 2.05) is 30.7 Å². The van der Waals surface area contributed by atoms with Gasteiger partial charge in [-0.05, 0) is 65.5 Å². The van der Waals surface area contributed by atoms with Gasteiger partial charge in [-0.3, -0.25) is 28.8 Å². The molecule has 6 N–H and O–H groups in total. The molecule has 2 unspecified atom stereocenters. The minimum absolute atomic E-state index is 0.0278. The summed E-state index contributed by atoms with van der Waals surface area (Å²) in [6, 6.07) is 5.39. The molecule has 1 aromatic carbocycles. The number of carbonyl (C=O) groups is 7. The molecule has 50 heavy (non-hydrogen) atoms. The molecule has 1 aliphatic carbocycles. The first-order valence-corrected chi connectivity index (χ1v) is 18.1. The normalized spacial score (nSPS) is 15.5. The van der Waals surface area contributed by atoms with Crippen molar-refractivity contribution in [3.05, 3.63) is 58.3 Å². The van der Waals surface area contributed by atoms with E-state index in [0.717, 1.165) is 37.7 Å². The maximum Gasteiger partial charge on any atom is 0.330 e. The summed E-state index contributed by atoms with van der Waals surface area (Å²) in [6.45, 7) is 4.87. The number of hydrogen-bond donors (Lipinski definition) is 6. The first-order chi connectivity index (χ1) is 23.9. The molecule has 2 aromatic rings. The zero-order valence-electron chi connectivity index (χ0n) is 28.9. The van der Waals surface area contributed by atoms with E-state index < -0.39 is 66.1 Å². The van der Waals surface area contributed by atoms with Crippen molar-refractivity contribution in [1.29, 1.82) is 0 Å². The van der Waals surface area contributed by atoms with Gasteiger partial charge in [0.1, 0.15) is 12.1 Å². The molecule has 0 bridgehead atoms. The lowest BCUT2D eigenvalue weighted by atomic mass is 9.83. The fourth-order valence-corrected chi connectivity index (χ4v) is 6.68. The summed E-state index contributed by atoms with van der Waals surface area (Å²) in [5.41, 5.74) is 1.18. The Morgan fingerprint density at radius 2 is 1.52 bits per heavy atom. The van der Waals surface area contributed by atoms with Crippen molar-refractivity contribution < 1.29 is 38.7 Å². The van der Waals surface area contributed by atoms with E-state index in [2.05, 4.69) is 26.6 Å². The molecule has 0 aliphatic heterocycles. The van der Waals surface area contributed by atoms with Crippen LogP contribution in [0, 0.1) is 11.8 Å². The Morgan fingerprint density at radius 1 is 0.840 bits per heavy atom. The van der Waals surface area contributed by atoms with Crippen LogP contribution in [0.1, 0.15) is 89.3 Å². The van der Waals surface area contributed by atoms with Crippen LogP contribution in [0.15, 0.2) is 47.2 Å². The minimum Gasteiger partial charge on any atom is -0.479 e. The fourth-order valence-electron chi connectivity index (χ4n) is 6.01. The van der Waals surface area contributed by atoms with Gasteiger partial charge < -0.3 is 31.7 Å². The number of nitrogens with one attached hydrogen (secondary N) is 5. The summed E-state index contributed by atoms with van der Waals surface area (Å²) < 4.78 is 0. The first-order valence-electron chi connectivity index (χ1n) is 17.2. The number of ketones is 1. The second-order valence-electron chi connectivity index (χ2n) is 13.1. The highest BCUT2D eigenvalue weighted by Gasteiger charge is 2.35. The van der Waals surface area contributed by atoms with Crippen molar-refractivity contribution in [3.8, 4) is 0 Å². The summed E-state index contributed by atoms with van der Waals surface area (Å²) in [7, 11) is 0. The number of hydrogen-bond acceptors (Lipinski definition) is 8. The van der Waals surface area contributed by atoms with Gasteiger partial charge in [0.2, 0.25) is 29.4 Å². The lowest BCUT2D eigenvalue weighted by Crippen LogP contribution is -2.58. The van der Waals surface area contributed by atoms with Crippen molar-refractivity contribution in [1.82, 2.24) is 26.6 Å². The molecular weight excluding hydrogens is 662 g/mol. The van der Waals surface area contributed by atoms with Gasteiger partial charge in [0.25, 0.3) is 5.91 Å². The predicted molar refractivity (Wildman–Crippen MR) is 188 cm³/mol. The number of carboxylic acids is 1. The third kappa shape index (κ3) is 12.7. The smallest absolute Gasteiger partial charge is 0.330 e. The van der Waals surface area contributed by atoms with Crippen LogP contribution in [0.25, 0.3) is 0 Å². The van der Waals surface area contributed by atoms with E-state index in [9.17, 15) is 38.7 Å². The van der Waals surface area contributed by atoms with Crippen LogP contribution in [0.5, 0.6) is 0 Å². The SMILES string of the molecule is CCCC(NC(=O)C(CC(C)C)NC(=O)[C@@H](NC(=O)Cc1ccsc1)C1CCCCC1)C(=O)C(=O)NCC(=O)N[C@H](C(=O)O)c1ccccc1. The quantitative estimate of drug-likeness (QED) is 0.120. The minimum atomic E-state index is -1.36. The van der Waals surface area contributed by atoms with E-state index in [0.29, 0.717) is 12.0 Å². The van der Waals surface area contributed by atoms with Crippen molar-refractivity contribution in [2.45, 2.75) is 103 Å². The fraction of sp³-hybridized carbons (Fsp3) is 0.528. The van der Waals surface area contributed by atoms with Crippen LogP contribution in [0.2, 0.25) is 0 Å². The topological polar surface area (TPSA) is 200 Å². The van der Waals surface area contributed by atoms with Crippen LogP contribution in [0.3, 0.4) is 0 Å². The third-order valence-corrected chi connectivity index (χ3v) is 9.27. The van der Waals surface area contributed by atoms with Crippen LogP contribution in [-0.2, 0) is 40.0 Å². The molecule has 1 heterocycles. The van der Waals surface area contributed by atoms with Gasteiger partial charge in [0.15, 0.2) is 6.04 Å². The number of thiophene rings is 1. The zero-order chi connectivity index (χ0) is 36.6. The molecule has 1 fully saturated rings. The standard InChI is InChI=1S/C36H49N5O8S/c1-4-11-26(32(44)35(47)37-20-29(43)41-31(36(48)49)25-14-9-6-10-15-25)38-33(45)27(18-22(2)3)39-34(46)30(24-12-7-5-8-13-24)40-28(42)19-23-16-17-50-21-23/h6,9-10,14-17,21-22,24,26-27,30-31H,4-5,7-8,11-13,18-20H2,1-3H3,(H,37,47)(H,38,45)(H,39,46)(H,40,42)(H,41,43)(H,48,49)/t26?,27?,30-,31-/m0/s1. The van der Waals surface area contributed by atoms with E-state index in [1.54, 1.807) is 25.1 Å². The highest BCUT2D eigenvalue weighted by atomic mass is 32.1. The highest BCUT2D eigenvalue weighted by Crippen LogP contribution is 2.27. The van der Waals surface area contributed by atoms with Gasteiger partial charge in [-0.1, -0.05) is 76.8 Å². The average molecular weight is 712 g/mol. The van der Waals surface area contributed by atoms with Crippen molar-refractivity contribution >= 4 is 52.6 Å². The Morgan fingerprint density at radius 3 is 2.12 bits per heavy atom. The largest absolute Gasteiger partial charge is 0.479 e. The van der Waals surface area contributed by atoms with E-state index >= 15 is 0 Å². The monoisotopic (exact) mass is 711 g/mol. The predicted octanol–water partition coefficient (Wildman–Crippen LogP) is 2.80. The van der Waals surface area contributed by atoms with Gasteiger partial charge in [0.05, 0.1) is 19.0 Å². The number of carbonyl (C=O) groups excluding carboxylic acids is 6. The highest BCUT2D eigenvalue weighted by molar-refractivity contribution is 7.08. The molecule has 1 saturated carbocycles. The molecule has 3 rings (SSSR count). The molecule has 272 valence electrons. The lowest BCUT2D eigenvalue weighted by molar-refractivity contribution is -0.142. The van der Waals surface area contributed by atoms with Gasteiger partial charge in [-0.15, -0.1) is 0 Å². The molecule has 5 amide bonds. The molecule has 0 radical (unpaired) electrons. The summed E-state index contributed by atoms with van der Waals surface area (Å²) in [6.07, 6.45) is 5.37. The van der Waals surface area contributed by atoms with E-state index in [-0.39, 0.29) is 37.0 Å². The van der Waals surface area contributed by atoms with Gasteiger partial charge in [-0.2, -0.15) is 11.3 Å². The third-order valence-electron chi connectivity index (χ3n) is 8.53. The average Bonchev–Trinajstić information content (AvgIpc) is 3.61. The summed E-state index contributed by atoms with van der Waals surface area (Å²) in [5, 5.41) is 26.2. The molecule has 4 atom stereocenters. The first kappa shape index (κ1) is 39.8. The van der Waals surface area contributed by atoms with E-state index in [4.69, 9.17) is 0 Å². The Labute approximate surface area is 296 Å². The number of carboxylic acid groups (broad SMARTS) is 1. The second kappa shape index (κ2) is 20.2. The Hall–Kier alpha value is -4.59. The van der Waals surface area contributed by atoms with Crippen LogP contribution in [-0.4, -0.2) is 71.1 Å². The molecule has 0 spiro atoms. The maximum absolute atomic E-state index is 13.8. The van der Waals surface area contributed by atoms with Gasteiger partial charge >= 0.3 is 5.97 Å². The Kier molecular flexibility index (Phi) is 16.1. The number of Topliss-reactive ketones (excluding diaryl/α,β-unsaturated/α-hetero) is 1. The maximum atomic E-state index is 13.8. The number of rotatable bonds is 19. The van der Waals surface area contributed by atoms with Crippen molar-refractivity contribution in [2.24, 2.45) is 11.8 Å². The molecule has 13 nitrogen and oxygen atoms in total. The number of amides is 5. The van der Waals surface area contributed by atoms with E-state index in [1.165, 1.54) is 23.5 Å². The molecule has 14 heteroatoms. The Balaban J connectivity index is 1.65. The molecule has 1 aromatic heterocycles. The lowest BCUT2D eigenvalue weighted by Gasteiger charge is -2.32. The number of benzene rings is 1.